The molecule has 3 atom stereocenters. The SMILES string of the molecule is CN(C(=O)C(c1c#cccc1)c1ccccc1)C(CN1CCC(OC(=O)C(c2ccccc2)c2ccccc2)C1)c1cccc(N)c1. The number of carbonyl (C=O) groups excluding carboxylic acids is 2. The highest BCUT2D eigenvalue weighted by Crippen LogP contribution is 2.32. The number of benzene rings is 4. The van der Waals surface area contributed by atoms with Crippen LogP contribution in [0.2, 0.25) is 0 Å². The molecule has 1 fully saturated rings. The van der Waals surface area contributed by atoms with E-state index in [4.69, 9.17) is 10.5 Å². The quantitative estimate of drug-likeness (QED) is 0.132. The number of rotatable bonds is 11. The van der Waals surface area contributed by atoms with E-state index in [0.717, 1.165) is 34.4 Å². The zero-order chi connectivity index (χ0) is 32.6. The highest BCUT2D eigenvalue weighted by Gasteiger charge is 2.35. The normalized spacial score (nSPS) is 15.3. The Morgan fingerprint density at radius 2 is 1.40 bits per heavy atom. The molecule has 1 aliphatic heterocycles. The number of esters is 1. The topological polar surface area (TPSA) is 75.9 Å². The van der Waals surface area contributed by atoms with Gasteiger partial charge in [-0.15, -0.1) is 0 Å². The van der Waals surface area contributed by atoms with Gasteiger partial charge in [0.25, 0.3) is 0 Å². The van der Waals surface area contributed by atoms with Gasteiger partial charge in [0.1, 0.15) is 12.0 Å². The van der Waals surface area contributed by atoms with Crippen molar-refractivity contribution < 1.29 is 14.3 Å². The molecule has 1 amide bonds. The largest absolute Gasteiger partial charge is 0.460 e. The third-order valence-electron chi connectivity index (χ3n) is 8.92. The number of hydrogen-bond acceptors (Lipinski definition) is 5. The lowest BCUT2D eigenvalue weighted by atomic mass is 9.90. The number of carbonyl (C=O) groups is 2. The lowest BCUT2D eigenvalue weighted by molar-refractivity contribution is -0.149. The van der Waals surface area contributed by atoms with Crippen molar-refractivity contribution in [3.63, 3.8) is 0 Å². The summed E-state index contributed by atoms with van der Waals surface area (Å²) >= 11 is 0. The van der Waals surface area contributed by atoms with Gasteiger partial charge >= 0.3 is 5.97 Å². The third kappa shape index (κ3) is 7.54. The van der Waals surface area contributed by atoms with Crippen LogP contribution in [0.25, 0.3) is 0 Å². The van der Waals surface area contributed by atoms with Gasteiger partial charge in [-0.3, -0.25) is 14.5 Å². The maximum atomic E-state index is 14.4. The number of anilines is 1. The minimum Gasteiger partial charge on any atom is -0.460 e. The summed E-state index contributed by atoms with van der Waals surface area (Å²) in [4.78, 5) is 32.3. The molecule has 236 valence electrons. The molecule has 0 radical (unpaired) electrons. The Kier molecular flexibility index (Phi) is 9.95. The van der Waals surface area contributed by atoms with Crippen LogP contribution in [-0.2, 0) is 14.3 Å². The maximum Gasteiger partial charge on any atom is 0.318 e. The molecule has 3 unspecified atom stereocenters. The molecule has 1 saturated heterocycles. The van der Waals surface area contributed by atoms with Gasteiger partial charge in [-0.2, -0.15) is 0 Å². The molecule has 0 saturated carbocycles. The summed E-state index contributed by atoms with van der Waals surface area (Å²) in [6, 6.07) is 48.6. The number of amides is 1. The summed E-state index contributed by atoms with van der Waals surface area (Å²) in [7, 11) is 1.86. The molecular weight excluding hydrogens is 582 g/mol. The molecule has 0 bridgehead atoms. The van der Waals surface area contributed by atoms with Crippen LogP contribution in [0.3, 0.4) is 0 Å². The zero-order valence-corrected chi connectivity index (χ0v) is 26.5. The molecule has 0 spiro atoms. The monoisotopic (exact) mass is 621 g/mol. The average Bonchev–Trinajstić information content (AvgIpc) is 3.55. The van der Waals surface area contributed by atoms with Crippen molar-refractivity contribution in [1.29, 1.82) is 0 Å². The molecule has 5 aromatic rings. The van der Waals surface area contributed by atoms with Gasteiger partial charge in [-0.1, -0.05) is 121 Å². The molecule has 1 heterocycles. The molecule has 47 heavy (non-hydrogen) atoms. The number of likely N-dealkylation sites (N-methyl/N-ethyl adjacent to an activating group) is 1. The fourth-order valence-electron chi connectivity index (χ4n) is 6.50. The van der Waals surface area contributed by atoms with Crippen molar-refractivity contribution >= 4 is 17.6 Å². The summed E-state index contributed by atoms with van der Waals surface area (Å²) in [6.45, 7) is 1.88. The zero-order valence-electron chi connectivity index (χ0n) is 26.5. The first-order valence-corrected chi connectivity index (χ1v) is 16.1. The lowest BCUT2D eigenvalue weighted by Gasteiger charge is -2.34. The van der Waals surface area contributed by atoms with Crippen molar-refractivity contribution in [3.8, 4) is 0 Å². The standard InChI is InChI=1S/C41H39N3O3/c1-43(40(45)38(30-15-6-2-7-16-30)31-17-8-3-9-18-31)37(34-23-14-24-35(42)27-34)29-44-26-25-36(28-44)47-41(46)39(32-19-10-4-11-20-32)33-21-12-5-13-22-33/h2-8,10-17,19-24,27,36-39H,25-26,28-29,42H2,1H3. The lowest BCUT2D eigenvalue weighted by Crippen LogP contribution is -2.41. The number of nitrogen functional groups attached to an aromatic ring is 1. The van der Waals surface area contributed by atoms with Crippen molar-refractivity contribution in [2.24, 2.45) is 0 Å². The predicted octanol–water partition coefficient (Wildman–Crippen LogP) is 6.65. The van der Waals surface area contributed by atoms with Gasteiger partial charge in [0.2, 0.25) is 5.91 Å². The van der Waals surface area contributed by atoms with E-state index >= 15 is 0 Å². The summed E-state index contributed by atoms with van der Waals surface area (Å²) < 4.78 is 6.19. The van der Waals surface area contributed by atoms with E-state index < -0.39 is 11.8 Å². The molecule has 0 aliphatic carbocycles. The van der Waals surface area contributed by atoms with E-state index in [9.17, 15) is 9.59 Å². The van der Waals surface area contributed by atoms with Crippen molar-refractivity contribution in [1.82, 2.24) is 9.80 Å². The first kappa shape index (κ1) is 31.6. The van der Waals surface area contributed by atoms with Crippen LogP contribution in [0.1, 0.15) is 52.1 Å². The van der Waals surface area contributed by atoms with Crippen molar-refractivity contribution in [2.45, 2.75) is 30.4 Å². The summed E-state index contributed by atoms with van der Waals surface area (Å²) in [5.41, 5.74) is 11.3. The Bertz CT molecular complexity index is 1670. The first-order valence-electron chi connectivity index (χ1n) is 16.1. The van der Waals surface area contributed by atoms with E-state index in [-0.39, 0.29) is 24.0 Å². The fourth-order valence-corrected chi connectivity index (χ4v) is 6.50. The highest BCUT2D eigenvalue weighted by molar-refractivity contribution is 5.87. The van der Waals surface area contributed by atoms with Crippen LogP contribution in [0.15, 0.2) is 133 Å². The molecule has 5 aromatic carbocycles. The minimum atomic E-state index is -0.539. The van der Waals surface area contributed by atoms with Gasteiger partial charge in [0.05, 0.1) is 12.0 Å². The molecular formula is C41H39N3O3. The number of ether oxygens (including phenoxy) is 1. The molecule has 1 aliphatic rings. The van der Waals surface area contributed by atoms with Crippen molar-refractivity contribution in [3.05, 3.63) is 173 Å². The van der Waals surface area contributed by atoms with Crippen LogP contribution in [-0.4, -0.2) is 54.5 Å². The molecule has 6 nitrogen and oxygen atoms in total. The maximum absolute atomic E-state index is 14.4. The van der Waals surface area contributed by atoms with Crippen molar-refractivity contribution in [2.75, 3.05) is 32.4 Å². The third-order valence-corrected chi connectivity index (χ3v) is 8.92. The Labute approximate surface area is 277 Å². The van der Waals surface area contributed by atoms with Crippen LogP contribution < -0.4 is 5.73 Å². The number of hydrogen-bond donors (Lipinski definition) is 1. The van der Waals surface area contributed by atoms with E-state index in [1.54, 1.807) is 6.07 Å². The van der Waals surface area contributed by atoms with Gasteiger partial charge in [-0.25, -0.2) is 0 Å². The molecule has 6 rings (SSSR count). The Balaban J connectivity index is 1.21. The van der Waals surface area contributed by atoms with Gasteiger partial charge in [-0.05, 0) is 52.9 Å². The van der Waals surface area contributed by atoms with Crippen LogP contribution >= 0.6 is 0 Å². The van der Waals surface area contributed by atoms with Gasteiger partial charge in [0.15, 0.2) is 0 Å². The fraction of sp³-hybridized carbons (Fsp3) is 0.220. The Morgan fingerprint density at radius 3 is 1.98 bits per heavy atom. The van der Waals surface area contributed by atoms with Crippen LogP contribution in [0.4, 0.5) is 5.69 Å². The molecule has 6 heteroatoms. The van der Waals surface area contributed by atoms with E-state index in [2.05, 4.69) is 17.0 Å². The average molecular weight is 622 g/mol. The second-order valence-corrected chi connectivity index (χ2v) is 12.1. The number of nitrogens with two attached hydrogens (primary N) is 1. The number of nitrogens with zero attached hydrogens (tertiary/aromatic N) is 2. The molecule has 0 aromatic heterocycles. The van der Waals surface area contributed by atoms with E-state index in [1.807, 2.05) is 139 Å². The summed E-state index contributed by atoms with van der Waals surface area (Å²) in [5, 5.41) is 0. The van der Waals surface area contributed by atoms with Gasteiger partial charge in [0, 0.05) is 37.9 Å². The predicted molar refractivity (Wildman–Crippen MR) is 184 cm³/mol. The van der Waals surface area contributed by atoms with E-state index in [1.165, 1.54) is 0 Å². The number of likely N-dealkylation sites (tertiary alicyclic amines) is 1. The second-order valence-electron chi connectivity index (χ2n) is 12.1. The van der Waals surface area contributed by atoms with Crippen LogP contribution in [0, 0.1) is 12.1 Å². The smallest absolute Gasteiger partial charge is 0.318 e. The molecule has 2 N–H and O–H groups in total. The van der Waals surface area contributed by atoms with Gasteiger partial charge < -0.3 is 15.4 Å². The van der Waals surface area contributed by atoms with E-state index in [0.29, 0.717) is 25.2 Å². The summed E-state index contributed by atoms with van der Waals surface area (Å²) in [6.07, 6.45) is 0.455. The summed E-state index contributed by atoms with van der Waals surface area (Å²) in [5.74, 6) is -1.34. The minimum absolute atomic E-state index is 0.0461. The van der Waals surface area contributed by atoms with Crippen LogP contribution in [0.5, 0.6) is 0 Å². The second kappa shape index (κ2) is 14.8. The Hall–Kier alpha value is -5.38. The highest BCUT2D eigenvalue weighted by atomic mass is 16.5. The first-order chi connectivity index (χ1) is 23.0. The Morgan fingerprint density at radius 1 is 0.809 bits per heavy atom.